The van der Waals surface area contributed by atoms with E-state index in [1.165, 1.54) is 0 Å². The van der Waals surface area contributed by atoms with E-state index < -0.39 is 0 Å². The molecule has 1 rings (SSSR count). The van der Waals surface area contributed by atoms with E-state index in [1.807, 2.05) is 25.1 Å². The summed E-state index contributed by atoms with van der Waals surface area (Å²) in [6.45, 7) is 3.53. The van der Waals surface area contributed by atoms with Gasteiger partial charge in [-0.25, -0.2) is 0 Å². The summed E-state index contributed by atoms with van der Waals surface area (Å²) in [6.07, 6.45) is 2.02. The molecule has 0 aromatic heterocycles. The molecule has 0 saturated carbocycles. The fraction of sp³-hybridized carbons (Fsp3) is 0.467. The van der Waals surface area contributed by atoms with Gasteiger partial charge in [-0.15, -0.1) is 11.6 Å². The van der Waals surface area contributed by atoms with Crippen molar-refractivity contribution in [1.29, 1.82) is 0 Å². The molecule has 0 aliphatic carbocycles. The van der Waals surface area contributed by atoms with Crippen molar-refractivity contribution in [3.63, 3.8) is 0 Å². The zero-order valence-electron chi connectivity index (χ0n) is 11.0. The summed E-state index contributed by atoms with van der Waals surface area (Å²) in [5.74, 6) is 7.11. The molecule has 0 aliphatic rings. The maximum Gasteiger partial charge on any atom is 0.122 e. The summed E-state index contributed by atoms with van der Waals surface area (Å²) in [5, 5.41) is 0. The normalized spacial score (nSPS) is 9.72. The zero-order valence-corrected chi connectivity index (χ0v) is 11.7. The second-order valence-electron chi connectivity index (χ2n) is 3.96. The molecule has 1 aromatic rings. The van der Waals surface area contributed by atoms with Crippen molar-refractivity contribution in [2.45, 2.75) is 19.8 Å². The predicted octanol–water partition coefficient (Wildman–Crippen LogP) is 3.39. The average molecular weight is 267 g/mol. The minimum absolute atomic E-state index is 0.358. The SMILES string of the molecule is COCCCCOc1ccc(C#CCCl)cc1C. The smallest absolute Gasteiger partial charge is 0.122 e. The second-order valence-corrected chi connectivity index (χ2v) is 4.23. The molecule has 2 nitrogen and oxygen atoms in total. The Morgan fingerprint density at radius 3 is 2.67 bits per heavy atom. The lowest BCUT2D eigenvalue weighted by molar-refractivity contribution is 0.184. The van der Waals surface area contributed by atoms with Crippen LogP contribution in [0.15, 0.2) is 18.2 Å². The number of hydrogen-bond donors (Lipinski definition) is 0. The lowest BCUT2D eigenvalue weighted by atomic mass is 10.1. The van der Waals surface area contributed by atoms with Crippen molar-refractivity contribution in [3.8, 4) is 17.6 Å². The van der Waals surface area contributed by atoms with E-state index in [0.717, 1.165) is 42.9 Å². The van der Waals surface area contributed by atoms with Crippen LogP contribution in [0.2, 0.25) is 0 Å². The Morgan fingerprint density at radius 2 is 2.00 bits per heavy atom. The Labute approximate surface area is 114 Å². The summed E-state index contributed by atoms with van der Waals surface area (Å²) in [6, 6.07) is 5.94. The standard InChI is InChI=1S/C15H19ClO2/c1-13-12-14(6-5-9-16)7-8-15(13)18-11-4-3-10-17-2/h7-8,12H,3-4,9-11H2,1-2H3. The average Bonchev–Trinajstić information content (AvgIpc) is 2.38. The van der Waals surface area contributed by atoms with Gasteiger partial charge in [-0.05, 0) is 43.5 Å². The van der Waals surface area contributed by atoms with E-state index in [0.29, 0.717) is 5.88 Å². The van der Waals surface area contributed by atoms with Crippen LogP contribution in [0.25, 0.3) is 0 Å². The molecule has 1 aromatic carbocycles. The van der Waals surface area contributed by atoms with Gasteiger partial charge in [0.15, 0.2) is 0 Å². The zero-order chi connectivity index (χ0) is 13.2. The van der Waals surface area contributed by atoms with Crippen LogP contribution >= 0.6 is 11.6 Å². The van der Waals surface area contributed by atoms with Gasteiger partial charge in [-0.2, -0.15) is 0 Å². The number of rotatable bonds is 6. The van der Waals surface area contributed by atoms with Crippen molar-refractivity contribution in [2.75, 3.05) is 26.2 Å². The minimum Gasteiger partial charge on any atom is -0.493 e. The van der Waals surface area contributed by atoms with Gasteiger partial charge < -0.3 is 9.47 Å². The molecule has 0 aliphatic heterocycles. The van der Waals surface area contributed by atoms with E-state index in [-0.39, 0.29) is 0 Å². The summed E-state index contributed by atoms with van der Waals surface area (Å²) >= 11 is 5.52. The first-order chi connectivity index (χ1) is 8.77. The third-order valence-corrected chi connectivity index (χ3v) is 2.61. The Balaban J connectivity index is 2.47. The Hall–Kier alpha value is -1.17. The Bertz CT molecular complexity index is 418. The van der Waals surface area contributed by atoms with E-state index in [9.17, 15) is 0 Å². The summed E-state index contributed by atoms with van der Waals surface area (Å²) in [4.78, 5) is 0. The van der Waals surface area contributed by atoms with Gasteiger partial charge in [0.2, 0.25) is 0 Å². The van der Waals surface area contributed by atoms with Crippen molar-refractivity contribution in [3.05, 3.63) is 29.3 Å². The van der Waals surface area contributed by atoms with Gasteiger partial charge in [0, 0.05) is 19.3 Å². The highest BCUT2D eigenvalue weighted by Gasteiger charge is 2.00. The maximum atomic E-state index is 5.71. The molecule has 0 saturated heterocycles. The topological polar surface area (TPSA) is 18.5 Å². The number of methoxy groups -OCH3 is 1. The van der Waals surface area contributed by atoms with E-state index >= 15 is 0 Å². The summed E-state index contributed by atoms with van der Waals surface area (Å²) < 4.78 is 10.7. The fourth-order valence-corrected chi connectivity index (χ4v) is 1.62. The van der Waals surface area contributed by atoms with Crippen LogP contribution in [0.5, 0.6) is 5.75 Å². The van der Waals surface area contributed by atoms with Gasteiger partial charge in [-0.1, -0.05) is 11.8 Å². The van der Waals surface area contributed by atoms with E-state index in [2.05, 4.69) is 11.8 Å². The second kappa shape index (κ2) is 8.85. The van der Waals surface area contributed by atoms with Gasteiger partial charge >= 0.3 is 0 Å². The molecular weight excluding hydrogens is 248 g/mol. The molecule has 0 radical (unpaired) electrons. The molecule has 0 unspecified atom stereocenters. The number of hydrogen-bond acceptors (Lipinski definition) is 2. The first-order valence-corrected chi connectivity index (χ1v) is 6.58. The van der Waals surface area contributed by atoms with Crippen molar-refractivity contribution in [2.24, 2.45) is 0 Å². The Morgan fingerprint density at radius 1 is 1.22 bits per heavy atom. The molecule has 0 heterocycles. The lowest BCUT2D eigenvalue weighted by Crippen LogP contribution is -2.00. The van der Waals surface area contributed by atoms with Crippen LogP contribution in [0, 0.1) is 18.8 Å². The number of ether oxygens (including phenoxy) is 2. The van der Waals surface area contributed by atoms with E-state index in [4.69, 9.17) is 21.1 Å². The van der Waals surface area contributed by atoms with Crippen LogP contribution in [0.4, 0.5) is 0 Å². The number of unbranched alkanes of at least 4 members (excludes halogenated alkanes) is 1. The lowest BCUT2D eigenvalue weighted by Gasteiger charge is -2.09. The monoisotopic (exact) mass is 266 g/mol. The van der Waals surface area contributed by atoms with Gasteiger partial charge in [0.05, 0.1) is 12.5 Å². The number of benzene rings is 1. The van der Waals surface area contributed by atoms with Crippen LogP contribution in [0.1, 0.15) is 24.0 Å². The summed E-state index contributed by atoms with van der Waals surface area (Å²) in [5.41, 5.74) is 2.07. The van der Waals surface area contributed by atoms with Crippen LogP contribution in [0.3, 0.4) is 0 Å². The van der Waals surface area contributed by atoms with Crippen LogP contribution in [-0.4, -0.2) is 26.2 Å². The highest BCUT2D eigenvalue weighted by molar-refractivity contribution is 6.19. The molecule has 0 amide bonds. The maximum absolute atomic E-state index is 5.71. The molecule has 3 heteroatoms. The van der Waals surface area contributed by atoms with Gasteiger partial charge in [0.1, 0.15) is 5.75 Å². The molecule has 0 bridgehead atoms. The molecule has 0 atom stereocenters. The molecular formula is C15H19ClO2. The highest BCUT2D eigenvalue weighted by atomic mass is 35.5. The van der Waals surface area contributed by atoms with Crippen LogP contribution < -0.4 is 4.74 Å². The molecule has 0 fully saturated rings. The third-order valence-electron chi connectivity index (χ3n) is 2.47. The number of halogens is 1. The third kappa shape index (κ3) is 5.44. The quantitative estimate of drug-likeness (QED) is 0.446. The predicted molar refractivity (Wildman–Crippen MR) is 75.4 cm³/mol. The first-order valence-electron chi connectivity index (χ1n) is 6.05. The molecule has 0 spiro atoms. The minimum atomic E-state index is 0.358. The van der Waals surface area contributed by atoms with Gasteiger partial charge in [-0.3, -0.25) is 0 Å². The molecule has 0 N–H and O–H groups in total. The van der Waals surface area contributed by atoms with Crippen molar-refractivity contribution in [1.82, 2.24) is 0 Å². The molecule has 18 heavy (non-hydrogen) atoms. The Kier molecular flexibility index (Phi) is 7.32. The summed E-state index contributed by atoms with van der Waals surface area (Å²) in [7, 11) is 1.71. The molecule has 98 valence electrons. The van der Waals surface area contributed by atoms with Gasteiger partial charge in [0.25, 0.3) is 0 Å². The highest BCUT2D eigenvalue weighted by Crippen LogP contribution is 2.19. The number of alkyl halides is 1. The van der Waals surface area contributed by atoms with E-state index in [1.54, 1.807) is 7.11 Å². The van der Waals surface area contributed by atoms with Crippen molar-refractivity contribution < 1.29 is 9.47 Å². The van der Waals surface area contributed by atoms with Crippen LogP contribution in [-0.2, 0) is 4.74 Å². The number of aryl methyl sites for hydroxylation is 1. The fourth-order valence-electron chi connectivity index (χ4n) is 1.56. The largest absolute Gasteiger partial charge is 0.493 e. The van der Waals surface area contributed by atoms with Crippen molar-refractivity contribution >= 4 is 11.6 Å². The first kappa shape index (κ1) is 14.9.